The van der Waals surface area contributed by atoms with Gasteiger partial charge in [-0.05, 0) is 31.5 Å². The van der Waals surface area contributed by atoms with E-state index in [1.807, 2.05) is 36.4 Å². The molecule has 2 aromatic carbocycles. The van der Waals surface area contributed by atoms with Crippen LogP contribution in [0.4, 0.5) is 0 Å². The van der Waals surface area contributed by atoms with Crippen LogP contribution < -0.4 is 0 Å². The van der Waals surface area contributed by atoms with Crippen molar-refractivity contribution in [3.05, 3.63) is 71.9 Å². The fraction of sp³-hybridized carbons (Fsp3) is 0.280. The summed E-state index contributed by atoms with van der Waals surface area (Å²) in [6.45, 7) is 3.55. The summed E-state index contributed by atoms with van der Waals surface area (Å²) < 4.78 is 41.6. The number of sulfonamides is 1. The number of benzene rings is 2. The molecule has 1 aliphatic heterocycles. The lowest BCUT2D eigenvalue weighted by Gasteiger charge is -2.22. The number of para-hydroxylation sites is 1. The highest BCUT2D eigenvalue weighted by molar-refractivity contribution is 8.02. The van der Waals surface area contributed by atoms with Crippen molar-refractivity contribution in [2.24, 2.45) is 0 Å². The standard InChI is InChI=1S/C25H26N2O6S2/c1-4-33-24(28)20-17(2)27(19-13-9-6-10-14-19)21(18-11-7-5-8-12-18)22(20)35(30,31)26-15-16-34-23(26)25(29)32-3/h5-14,23H,4,15-16H2,1-3H3/t23-/m0/s1. The molecule has 1 aliphatic rings. The maximum atomic E-state index is 14.3. The molecule has 8 nitrogen and oxygen atoms in total. The van der Waals surface area contributed by atoms with Gasteiger partial charge in [0.25, 0.3) is 0 Å². The van der Waals surface area contributed by atoms with E-state index in [9.17, 15) is 18.0 Å². The molecule has 1 atom stereocenters. The van der Waals surface area contributed by atoms with Gasteiger partial charge in [-0.3, -0.25) is 0 Å². The van der Waals surface area contributed by atoms with Gasteiger partial charge in [0.1, 0.15) is 10.5 Å². The van der Waals surface area contributed by atoms with Crippen molar-refractivity contribution in [3.63, 3.8) is 0 Å². The van der Waals surface area contributed by atoms with Crippen LogP contribution in [0.3, 0.4) is 0 Å². The summed E-state index contributed by atoms with van der Waals surface area (Å²) >= 11 is 1.19. The minimum Gasteiger partial charge on any atom is -0.467 e. The fourth-order valence-corrected chi connectivity index (χ4v) is 7.73. The zero-order valence-electron chi connectivity index (χ0n) is 19.6. The molecule has 0 spiro atoms. The van der Waals surface area contributed by atoms with Crippen LogP contribution in [-0.2, 0) is 24.3 Å². The normalized spacial score (nSPS) is 16.3. The predicted molar refractivity (Wildman–Crippen MR) is 134 cm³/mol. The molecule has 4 rings (SSSR count). The number of esters is 2. The van der Waals surface area contributed by atoms with E-state index in [0.717, 1.165) is 4.31 Å². The maximum absolute atomic E-state index is 14.3. The van der Waals surface area contributed by atoms with Crippen molar-refractivity contribution in [1.29, 1.82) is 0 Å². The Balaban J connectivity index is 2.09. The lowest BCUT2D eigenvalue weighted by molar-refractivity contribution is -0.141. The van der Waals surface area contributed by atoms with E-state index < -0.39 is 27.3 Å². The number of nitrogens with zero attached hydrogens (tertiary/aromatic N) is 2. The summed E-state index contributed by atoms with van der Waals surface area (Å²) in [6.07, 6.45) is 0. The Morgan fingerprint density at radius 2 is 1.69 bits per heavy atom. The number of thioether (sulfide) groups is 1. The van der Waals surface area contributed by atoms with Crippen LogP contribution in [0, 0.1) is 6.92 Å². The summed E-state index contributed by atoms with van der Waals surface area (Å²) in [5.74, 6) is -0.974. The molecule has 35 heavy (non-hydrogen) atoms. The first-order chi connectivity index (χ1) is 16.8. The lowest BCUT2D eigenvalue weighted by atomic mass is 10.1. The van der Waals surface area contributed by atoms with Gasteiger partial charge in [-0.1, -0.05) is 48.5 Å². The van der Waals surface area contributed by atoms with E-state index in [1.165, 1.54) is 18.9 Å². The third-order valence-corrected chi connectivity index (χ3v) is 8.96. The second-order valence-electron chi connectivity index (χ2n) is 7.76. The van der Waals surface area contributed by atoms with Crippen molar-refractivity contribution in [2.45, 2.75) is 24.1 Å². The molecule has 0 N–H and O–H groups in total. The third-order valence-electron chi connectivity index (χ3n) is 5.72. The van der Waals surface area contributed by atoms with E-state index in [1.54, 1.807) is 42.7 Å². The second-order valence-corrected chi connectivity index (χ2v) is 10.8. The van der Waals surface area contributed by atoms with Crippen LogP contribution in [0.5, 0.6) is 0 Å². The van der Waals surface area contributed by atoms with E-state index in [2.05, 4.69) is 0 Å². The number of carbonyl (C=O) groups is 2. The maximum Gasteiger partial charge on any atom is 0.341 e. The topological polar surface area (TPSA) is 94.9 Å². The van der Waals surface area contributed by atoms with Crippen LogP contribution >= 0.6 is 11.8 Å². The van der Waals surface area contributed by atoms with Crippen molar-refractivity contribution in [3.8, 4) is 16.9 Å². The van der Waals surface area contributed by atoms with Gasteiger partial charge < -0.3 is 14.0 Å². The summed E-state index contributed by atoms with van der Waals surface area (Å²) in [5.41, 5.74) is 2.01. The molecule has 0 amide bonds. The van der Waals surface area contributed by atoms with Crippen molar-refractivity contribution < 1.29 is 27.5 Å². The van der Waals surface area contributed by atoms with Gasteiger partial charge in [0, 0.05) is 23.7 Å². The van der Waals surface area contributed by atoms with Crippen molar-refractivity contribution >= 4 is 33.7 Å². The Bertz CT molecular complexity index is 1340. The summed E-state index contributed by atoms with van der Waals surface area (Å²) in [6, 6.07) is 18.2. The first-order valence-corrected chi connectivity index (χ1v) is 13.6. The van der Waals surface area contributed by atoms with Crippen molar-refractivity contribution in [1.82, 2.24) is 8.87 Å². The van der Waals surface area contributed by atoms with Gasteiger partial charge in [0.15, 0.2) is 5.37 Å². The van der Waals surface area contributed by atoms with Gasteiger partial charge in [-0.25, -0.2) is 18.0 Å². The molecule has 1 aromatic heterocycles. The van der Waals surface area contributed by atoms with E-state index in [4.69, 9.17) is 9.47 Å². The number of methoxy groups -OCH3 is 1. The Labute approximate surface area is 208 Å². The predicted octanol–water partition coefficient (Wildman–Crippen LogP) is 3.87. The van der Waals surface area contributed by atoms with Gasteiger partial charge in [-0.2, -0.15) is 4.31 Å². The van der Waals surface area contributed by atoms with Gasteiger partial charge in [0.2, 0.25) is 10.0 Å². The largest absolute Gasteiger partial charge is 0.467 e. The molecule has 0 aliphatic carbocycles. The lowest BCUT2D eigenvalue weighted by Crippen LogP contribution is -2.40. The van der Waals surface area contributed by atoms with Crippen LogP contribution in [0.2, 0.25) is 0 Å². The third kappa shape index (κ3) is 4.49. The Kier molecular flexibility index (Phi) is 7.34. The summed E-state index contributed by atoms with van der Waals surface area (Å²) in [4.78, 5) is 25.5. The number of carbonyl (C=O) groups excluding carboxylic acids is 2. The second kappa shape index (κ2) is 10.3. The van der Waals surface area contributed by atoms with E-state index in [0.29, 0.717) is 28.4 Å². The molecular formula is C25H26N2O6S2. The van der Waals surface area contributed by atoms with Gasteiger partial charge >= 0.3 is 11.9 Å². The molecule has 0 saturated carbocycles. The van der Waals surface area contributed by atoms with Crippen LogP contribution in [0.25, 0.3) is 16.9 Å². The minimum absolute atomic E-state index is 0.0462. The SMILES string of the molecule is CCOC(=O)c1c(S(=O)(=O)N2CCS[C@H]2C(=O)OC)c(-c2ccccc2)n(-c2ccccc2)c1C. The number of hydrogen-bond acceptors (Lipinski definition) is 7. The molecule has 0 unspecified atom stereocenters. The van der Waals surface area contributed by atoms with E-state index in [-0.39, 0.29) is 23.6 Å². The smallest absolute Gasteiger partial charge is 0.341 e. The number of hydrogen-bond donors (Lipinski definition) is 0. The quantitative estimate of drug-likeness (QED) is 0.442. The minimum atomic E-state index is -4.34. The molecule has 3 aromatic rings. The monoisotopic (exact) mass is 514 g/mol. The zero-order valence-corrected chi connectivity index (χ0v) is 21.3. The molecule has 184 valence electrons. The Morgan fingerprint density at radius 1 is 1.06 bits per heavy atom. The van der Waals surface area contributed by atoms with Crippen LogP contribution in [0.1, 0.15) is 23.0 Å². The van der Waals surface area contributed by atoms with Crippen LogP contribution in [-0.4, -0.2) is 60.6 Å². The Morgan fingerprint density at radius 3 is 2.29 bits per heavy atom. The van der Waals surface area contributed by atoms with E-state index >= 15 is 0 Å². The number of rotatable bonds is 7. The number of aromatic nitrogens is 1. The summed E-state index contributed by atoms with van der Waals surface area (Å²) in [7, 11) is -3.11. The first-order valence-electron chi connectivity index (χ1n) is 11.1. The zero-order chi connectivity index (χ0) is 25.2. The highest BCUT2D eigenvalue weighted by Crippen LogP contribution is 2.41. The van der Waals surface area contributed by atoms with Gasteiger partial charge in [0.05, 0.1) is 19.4 Å². The van der Waals surface area contributed by atoms with Crippen LogP contribution in [0.15, 0.2) is 65.6 Å². The molecule has 1 saturated heterocycles. The first kappa shape index (κ1) is 25.0. The highest BCUT2D eigenvalue weighted by Gasteiger charge is 2.45. The Hall–Kier alpha value is -3.08. The molecule has 10 heteroatoms. The summed E-state index contributed by atoms with van der Waals surface area (Å²) in [5, 5.41) is -1.04. The van der Waals surface area contributed by atoms with Gasteiger partial charge in [-0.15, -0.1) is 11.8 Å². The van der Waals surface area contributed by atoms with Crippen molar-refractivity contribution in [2.75, 3.05) is 26.0 Å². The average molecular weight is 515 g/mol. The highest BCUT2D eigenvalue weighted by atomic mass is 32.2. The number of ether oxygens (including phenoxy) is 2. The molecule has 2 heterocycles. The fourth-order valence-electron chi connectivity index (χ4n) is 4.22. The molecule has 1 fully saturated rings. The molecule has 0 bridgehead atoms. The molecule has 0 radical (unpaired) electrons. The molecular weight excluding hydrogens is 488 g/mol. The average Bonchev–Trinajstić information content (AvgIpc) is 3.49.